The SMILES string of the molecule is CCC(C)C(NC(=O)c1ccc(Cl)cc1)C(=O)N1CCN(c2ccc(C(F)(F)F)cn2)CC1. The van der Waals surface area contributed by atoms with Crippen molar-refractivity contribution in [2.45, 2.75) is 32.5 Å². The number of benzene rings is 1. The van der Waals surface area contributed by atoms with E-state index in [1.807, 2.05) is 18.7 Å². The Balaban J connectivity index is 1.63. The summed E-state index contributed by atoms with van der Waals surface area (Å²) >= 11 is 5.88. The minimum Gasteiger partial charge on any atom is -0.353 e. The maximum absolute atomic E-state index is 13.2. The fraction of sp³-hybridized carbons (Fsp3) is 0.435. The van der Waals surface area contributed by atoms with Gasteiger partial charge in [-0.05, 0) is 42.3 Å². The molecule has 0 radical (unpaired) electrons. The number of amides is 2. The average Bonchev–Trinajstić information content (AvgIpc) is 2.81. The molecule has 0 aliphatic carbocycles. The third-order valence-electron chi connectivity index (χ3n) is 5.86. The Labute approximate surface area is 195 Å². The third-order valence-corrected chi connectivity index (χ3v) is 6.11. The first-order valence-corrected chi connectivity index (χ1v) is 11.1. The second kappa shape index (κ2) is 10.4. The van der Waals surface area contributed by atoms with Gasteiger partial charge in [-0.25, -0.2) is 4.98 Å². The summed E-state index contributed by atoms with van der Waals surface area (Å²) in [7, 11) is 0. The van der Waals surface area contributed by atoms with Crippen LogP contribution >= 0.6 is 11.6 Å². The molecule has 2 aromatic rings. The van der Waals surface area contributed by atoms with E-state index >= 15 is 0 Å². The summed E-state index contributed by atoms with van der Waals surface area (Å²) in [6.07, 6.45) is -2.91. The molecule has 1 fully saturated rings. The molecular weight excluding hydrogens is 457 g/mol. The van der Waals surface area contributed by atoms with Crippen LogP contribution in [0.4, 0.5) is 19.0 Å². The number of aromatic nitrogens is 1. The first-order valence-electron chi connectivity index (χ1n) is 10.7. The van der Waals surface area contributed by atoms with Crippen LogP contribution < -0.4 is 10.2 Å². The molecular formula is C23H26ClF3N4O2. The van der Waals surface area contributed by atoms with E-state index in [1.54, 1.807) is 29.2 Å². The Morgan fingerprint density at radius 3 is 2.24 bits per heavy atom. The summed E-state index contributed by atoms with van der Waals surface area (Å²) in [5.74, 6) is -0.169. The van der Waals surface area contributed by atoms with Gasteiger partial charge >= 0.3 is 6.18 Å². The highest BCUT2D eigenvalue weighted by atomic mass is 35.5. The second-order valence-electron chi connectivity index (χ2n) is 8.06. The van der Waals surface area contributed by atoms with E-state index in [9.17, 15) is 22.8 Å². The van der Waals surface area contributed by atoms with Crippen LogP contribution in [-0.2, 0) is 11.0 Å². The number of nitrogens with one attached hydrogen (secondary N) is 1. The minimum absolute atomic E-state index is 0.0802. The predicted octanol–water partition coefficient (Wildman–Crippen LogP) is 4.25. The number of alkyl halides is 3. The zero-order valence-corrected chi connectivity index (χ0v) is 19.2. The van der Waals surface area contributed by atoms with Crippen LogP contribution in [0.2, 0.25) is 5.02 Å². The summed E-state index contributed by atoms with van der Waals surface area (Å²) in [6, 6.07) is 8.10. The predicted molar refractivity (Wildman–Crippen MR) is 120 cm³/mol. The molecule has 2 unspecified atom stereocenters. The van der Waals surface area contributed by atoms with E-state index in [1.165, 1.54) is 6.07 Å². The highest BCUT2D eigenvalue weighted by Gasteiger charge is 2.33. The van der Waals surface area contributed by atoms with Crippen LogP contribution in [0.1, 0.15) is 36.2 Å². The van der Waals surface area contributed by atoms with Crippen molar-refractivity contribution in [3.05, 3.63) is 58.7 Å². The molecule has 1 saturated heterocycles. The van der Waals surface area contributed by atoms with Gasteiger partial charge in [0, 0.05) is 43.0 Å². The fourth-order valence-corrected chi connectivity index (χ4v) is 3.73. The maximum Gasteiger partial charge on any atom is 0.417 e. The lowest BCUT2D eigenvalue weighted by molar-refractivity contribution is -0.138. The van der Waals surface area contributed by atoms with Gasteiger partial charge in [0.2, 0.25) is 5.91 Å². The van der Waals surface area contributed by atoms with Crippen molar-refractivity contribution in [1.82, 2.24) is 15.2 Å². The van der Waals surface area contributed by atoms with Crippen LogP contribution in [0.25, 0.3) is 0 Å². The summed E-state index contributed by atoms with van der Waals surface area (Å²) in [5, 5.41) is 3.37. The van der Waals surface area contributed by atoms with Crippen LogP contribution in [-0.4, -0.2) is 53.9 Å². The van der Waals surface area contributed by atoms with Gasteiger partial charge in [0.25, 0.3) is 5.91 Å². The quantitative estimate of drug-likeness (QED) is 0.668. The molecule has 1 aromatic carbocycles. The van der Waals surface area contributed by atoms with Crippen molar-refractivity contribution in [2.75, 3.05) is 31.1 Å². The molecule has 33 heavy (non-hydrogen) atoms. The molecule has 0 saturated carbocycles. The smallest absolute Gasteiger partial charge is 0.353 e. The van der Waals surface area contributed by atoms with E-state index in [0.717, 1.165) is 12.3 Å². The number of hydrogen-bond donors (Lipinski definition) is 1. The monoisotopic (exact) mass is 482 g/mol. The van der Waals surface area contributed by atoms with Crippen molar-refractivity contribution < 1.29 is 22.8 Å². The summed E-state index contributed by atoms with van der Waals surface area (Å²) < 4.78 is 38.3. The molecule has 0 spiro atoms. The molecule has 2 atom stereocenters. The second-order valence-corrected chi connectivity index (χ2v) is 8.50. The van der Waals surface area contributed by atoms with E-state index in [2.05, 4.69) is 10.3 Å². The highest BCUT2D eigenvalue weighted by Crippen LogP contribution is 2.29. The summed E-state index contributed by atoms with van der Waals surface area (Å²) in [6.45, 7) is 5.49. The number of hydrogen-bond acceptors (Lipinski definition) is 4. The van der Waals surface area contributed by atoms with Crippen molar-refractivity contribution in [3.8, 4) is 0 Å². The fourth-order valence-electron chi connectivity index (χ4n) is 3.60. The first-order chi connectivity index (χ1) is 15.6. The third kappa shape index (κ3) is 6.16. The number of carbonyl (C=O) groups is 2. The number of piperazine rings is 1. The molecule has 3 rings (SSSR count). The lowest BCUT2D eigenvalue weighted by Gasteiger charge is -2.38. The van der Waals surface area contributed by atoms with Gasteiger partial charge in [-0.15, -0.1) is 0 Å². The van der Waals surface area contributed by atoms with Crippen LogP contribution in [0.15, 0.2) is 42.6 Å². The minimum atomic E-state index is -4.43. The lowest BCUT2D eigenvalue weighted by atomic mass is 9.97. The molecule has 2 amide bonds. The van der Waals surface area contributed by atoms with Crippen LogP contribution in [0.3, 0.4) is 0 Å². The highest BCUT2D eigenvalue weighted by molar-refractivity contribution is 6.30. The lowest BCUT2D eigenvalue weighted by Crippen LogP contribution is -2.56. The number of pyridine rings is 1. The maximum atomic E-state index is 13.2. The molecule has 178 valence electrons. The van der Waals surface area contributed by atoms with Gasteiger partial charge in [-0.1, -0.05) is 31.9 Å². The molecule has 10 heteroatoms. The van der Waals surface area contributed by atoms with Gasteiger partial charge < -0.3 is 15.1 Å². The van der Waals surface area contributed by atoms with Crippen molar-refractivity contribution >= 4 is 29.2 Å². The van der Waals surface area contributed by atoms with Crippen molar-refractivity contribution in [2.24, 2.45) is 5.92 Å². The standard InChI is InChI=1S/C23H26ClF3N4O2/c1-3-15(2)20(29-21(32)16-4-7-18(24)8-5-16)22(33)31-12-10-30(11-13-31)19-9-6-17(14-28-19)23(25,26)27/h4-9,14-15,20H,3,10-13H2,1-2H3,(H,29,32). The molecule has 1 aliphatic rings. The zero-order chi connectivity index (χ0) is 24.2. The topological polar surface area (TPSA) is 65.5 Å². The summed E-state index contributed by atoms with van der Waals surface area (Å²) in [5.41, 5.74) is -0.383. The van der Waals surface area contributed by atoms with Crippen molar-refractivity contribution in [3.63, 3.8) is 0 Å². The zero-order valence-electron chi connectivity index (χ0n) is 18.4. The van der Waals surface area contributed by atoms with E-state index < -0.39 is 17.8 Å². The van der Waals surface area contributed by atoms with Crippen LogP contribution in [0.5, 0.6) is 0 Å². The Hall–Kier alpha value is -2.81. The van der Waals surface area contributed by atoms with E-state index in [-0.39, 0.29) is 17.7 Å². The van der Waals surface area contributed by atoms with Crippen molar-refractivity contribution in [1.29, 1.82) is 0 Å². The Kier molecular flexibility index (Phi) is 7.84. The van der Waals surface area contributed by atoms with Gasteiger partial charge in [0.15, 0.2) is 0 Å². The van der Waals surface area contributed by atoms with E-state index in [0.29, 0.717) is 49.0 Å². The molecule has 2 heterocycles. The number of nitrogens with zero attached hydrogens (tertiary/aromatic N) is 3. The molecule has 6 nitrogen and oxygen atoms in total. The van der Waals surface area contributed by atoms with Gasteiger partial charge in [-0.2, -0.15) is 13.2 Å². The number of anilines is 1. The number of halogens is 4. The number of carbonyl (C=O) groups excluding carboxylic acids is 2. The van der Waals surface area contributed by atoms with Gasteiger partial charge in [0.1, 0.15) is 11.9 Å². The largest absolute Gasteiger partial charge is 0.417 e. The average molecular weight is 483 g/mol. The number of rotatable bonds is 6. The van der Waals surface area contributed by atoms with Crippen LogP contribution in [0, 0.1) is 5.92 Å². The normalized spacial score (nSPS) is 16.3. The molecule has 1 aromatic heterocycles. The first kappa shape index (κ1) is 24.8. The molecule has 1 aliphatic heterocycles. The molecule has 0 bridgehead atoms. The van der Waals surface area contributed by atoms with Gasteiger partial charge in [-0.3, -0.25) is 9.59 Å². The Morgan fingerprint density at radius 1 is 1.09 bits per heavy atom. The summed E-state index contributed by atoms with van der Waals surface area (Å²) in [4.78, 5) is 33.4. The van der Waals surface area contributed by atoms with Gasteiger partial charge in [0.05, 0.1) is 5.56 Å². The molecule has 1 N–H and O–H groups in total. The van der Waals surface area contributed by atoms with E-state index in [4.69, 9.17) is 11.6 Å². The Bertz CT molecular complexity index is 959. The Morgan fingerprint density at radius 2 is 1.73 bits per heavy atom.